The molecule has 0 unspecified atom stereocenters. The summed E-state index contributed by atoms with van der Waals surface area (Å²) in [6.07, 6.45) is 7.74. The standard InChI is InChI=1S/C35H45F3N4O5.C2H2/c1-34(2,3)47-33(45)41-18-24(28(38)20-41)19-42(30(44)22-46-6)31(35(4,5)14-15-43)32-39-29(26-16-25(36)12-13-27(26)37)21-40(32)17-23-10-8-7-9-11-23;1-2/h7-13,16,21,24,28,31,43H,14-15,17-20,22H2,1-6H3;1-2H/t24-,28-,31-;/m0./s1. The van der Waals surface area contributed by atoms with E-state index in [4.69, 9.17) is 14.5 Å². The summed E-state index contributed by atoms with van der Waals surface area (Å²) in [7, 11) is 1.38. The quantitative estimate of drug-likeness (QED) is 0.227. The van der Waals surface area contributed by atoms with Crippen molar-refractivity contribution in [2.75, 3.05) is 40.0 Å². The average molecular weight is 685 g/mol. The van der Waals surface area contributed by atoms with Crippen LogP contribution in [0.5, 0.6) is 0 Å². The Morgan fingerprint density at radius 3 is 2.37 bits per heavy atom. The summed E-state index contributed by atoms with van der Waals surface area (Å²) in [5.74, 6) is -2.20. The summed E-state index contributed by atoms with van der Waals surface area (Å²) in [5.41, 5.74) is -0.643. The van der Waals surface area contributed by atoms with Crippen molar-refractivity contribution in [3.8, 4) is 24.1 Å². The number of halogens is 3. The highest BCUT2D eigenvalue weighted by Gasteiger charge is 2.45. The van der Waals surface area contributed by atoms with Crippen LogP contribution in [0.15, 0.2) is 54.7 Å². The van der Waals surface area contributed by atoms with Gasteiger partial charge in [0, 0.05) is 51.0 Å². The van der Waals surface area contributed by atoms with E-state index in [0.717, 1.165) is 23.8 Å². The second-order valence-electron chi connectivity index (χ2n) is 13.7. The highest BCUT2D eigenvalue weighted by Crippen LogP contribution is 2.43. The zero-order valence-electron chi connectivity index (χ0n) is 29.0. The van der Waals surface area contributed by atoms with Gasteiger partial charge in [-0.3, -0.25) is 4.79 Å². The van der Waals surface area contributed by atoms with E-state index in [1.165, 1.54) is 16.9 Å². The molecule has 0 aliphatic carbocycles. The van der Waals surface area contributed by atoms with Crippen LogP contribution in [-0.4, -0.2) is 88.2 Å². The first-order valence-corrected chi connectivity index (χ1v) is 16.0. The smallest absolute Gasteiger partial charge is 0.410 e. The number of carbonyl (C=O) groups is 2. The molecule has 3 aromatic rings. The van der Waals surface area contributed by atoms with Crippen LogP contribution in [0.4, 0.5) is 18.0 Å². The van der Waals surface area contributed by atoms with Crippen molar-refractivity contribution < 1.29 is 37.3 Å². The van der Waals surface area contributed by atoms with E-state index < -0.39 is 52.8 Å². The number of amides is 2. The van der Waals surface area contributed by atoms with Gasteiger partial charge < -0.3 is 28.9 Å². The fourth-order valence-corrected chi connectivity index (χ4v) is 6.00. The number of hydrogen-bond acceptors (Lipinski definition) is 6. The van der Waals surface area contributed by atoms with Crippen LogP contribution in [0.2, 0.25) is 0 Å². The third kappa shape index (κ3) is 10.1. The third-order valence-corrected chi connectivity index (χ3v) is 8.29. The van der Waals surface area contributed by atoms with Crippen LogP contribution in [0.25, 0.3) is 11.3 Å². The number of likely N-dealkylation sites (tertiary alicyclic amines) is 1. The number of terminal acetylenes is 1. The number of nitrogens with zero attached hydrogens (tertiary/aromatic N) is 4. The first-order valence-electron chi connectivity index (χ1n) is 16.0. The zero-order chi connectivity index (χ0) is 36.5. The van der Waals surface area contributed by atoms with Crippen LogP contribution in [0.3, 0.4) is 0 Å². The summed E-state index contributed by atoms with van der Waals surface area (Å²) in [6.45, 7) is 8.35. The lowest BCUT2D eigenvalue weighted by Crippen LogP contribution is -2.48. The molecule has 1 aliphatic rings. The van der Waals surface area contributed by atoms with Gasteiger partial charge in [-0.15, -0.1) is 12.8 Å². The molecule has 266 valence electrons. The predicted octanol–water partition coefficient (Wildman–Crippen LogP) is 6.26. The molecular formula is C37H47F3N4O5. The fraction of sp³-hybridized carbons (Fsp3) is 0.486. The zero-order valence-corrected chi connectivity index (χ0v) is 29.0. The molecule has 1 fully saturated rings. The molecule has 49 heavy (non-hydrogen) atoms. The SMILES string of the molecule is C#C.COCC(=O)N(C[C@@H]1CN(C(=O)OC(C)(C)C)C[C@@H]1F)[C@@H](c1nc(-c2cc(F)ccc2F)cn1Cc1ccccc1)C(C)(C)CCO. The van der Waals surface area contributed by atoms with E-state index in [9.17, 15) is 19.1 Å². The van der Waals surface area contributed by atoms with Crippen molar-refractivity contribution >= 4 is 12.0 Å². The Hall–Kier alpha value is -4.34. The Kier molecular flexibility index (Phi) is 13.4. The van der Waals surface area contributed by atoms with Gasteiger partial charge in [-0.2, -0.15) is 0 Å². The normalized spacial score (nSPS) is 16.9. The molecule has 2 heterocycles. The van der Waals surface area contributed by atoms with Crippen molar-refractivity contribution in [3.63, 3.8) is 0 Å². The molecule has 12 heteroatoms. The van der Waals surface area contributed by atoms with Gasteiger partial charge in [0.2, 0.25) is 5.91 Å². The number of imidazole rings is 1. The molecule has 2 aromatic carbocycles. The van der Waals surface area contributed by atoms with Crippen LogP contribution < -0.4 is 0 Å². The number of aliphatic hydroxyl groups is 1. The molecule has 1 aliphatic heterocycles. The minimum absolute atomic E-state index is 0.0121. The Balaban J connectivity index is 0.00000319. The molecule has 1 saturated heterocycles. The number of alkyl halides is 1. The lowest BCUT2D eigenvalue weighted by Gasteiger charge is -2.43. The van der Waals surface area contributed by atoms with Gasteiger partial charge >= 0.3 is 6.09 Å². The molecule has 0 spiro atoms. The Morgan fingerprint density at radius 2 is 1.76 bits per heavy atom. The van der Waals surface area contributed by atoms with E-state index in [-0.39, 0.29) is 57.1 Å². The van der Waals surface area contributed by atoms with Crippen LogP contribution in [0, 0.1) is 35.8 Å². The molecule has 4 rings (SSSR count). The summed E-state index contributed by atoms with van der Waals surface area (Å²) < 4.78 is 57.6. The minimum Gasteiger partial charge on any atom is -0.444 e. The first-order chi connectivity index (χ1) is 23.1. The van der Waals surface area contributed by atoms with Gasteiger partial charge in [0.05, 0.1) is 18.3 Å². The number of hydrogen-bond donors (Lipinski definition) is 1. The van der Waals surface area contributed by atoms with Gasteiger partial charge in [-0.1, -0.05) is 44.2 Å². The summed E-state index contributed by atoms with van der Waals surface area (Å²) in [6, 6.07) is 11.7. The van der Waals surface area contributed by atoms with Crippen molar-refractivity contribution in [1.29, 1.82) is 0 Å². The van der Waals surface area contributed by atoms with E-state index in [0.29, 0.717) is 5.82 Å². The largest absolute Gasteiger partial charge is 0.444 e. The Labute approximate surface area is 287 Å². The summed E-state index contributed by atoms with van der Waals surface area (Å²) in [4.78, 5) is 34.4. The molecule has 1 aromatic heterocycles. The fourth-order valence-electron chi connectivity index (χ4n) is 6.00. The van der Waals surface area contributed by atoms with Gasteiger partial charge in [0.1, 0.15) is 35.8 Å². The number of carbonyl (C=O) groups excluding carboxylic acids is 2. The molecule has 2 amide bonds. The highest BCUT2D eigenvalue weighted by atomic mass is 19.1. The molecule has 0 saturated carbocycles. The van der Waals surface area contributed by atoms with Crippen LogP contribution >= 0.6 is 0 Å². The molecule has 0 radical (unpaired) electrons. The maximum atomic E-state index is 15.7. The molecular weight excluding hydrogens is 637 g/mol. The van der Waals surface area contributed by atoms with E-state index >= 15 is 8.78 Å². The maximum Gasteiger partial charge on any atom is 0.410 e. The van der Waals surface area contributed by atoms with E-state index in [2.05, 4.69) is 12.8 Å². The van der Waals surface area contributed by atoms with Gasteiger partial charge in [0.15, 0.2) is 0 Å². The molecule has 1 N–H and O–H groups in total. The minimum atomic E-state index is -1.46. The Morgan fingerprint density at radius 1 is 1.08 bits per heavy atom. The predicted molar refractivity (Wildman–Crippen MR) is 181 cm³/mol. The van der Waals surface area contributed by atoms with Crippen molar-refractivity contribution in [2.24, 2.45) is 11.3 Å². The maximum absolute atomic E-state index is 15.7. The van der Waals surface area contributed by atoms with Gasteiger partial charge in [-0.25, -0.2) is 22.9 Å². The summed E-state index contributed by atoms with van der Waals surface area (Å²) >= 11 is 0. The van der Waals surface area contributed by atoms with E-state index in [1.807, 2.05) is 44.2 Å². The lowest BCUT2D eigenvalue weighted by molar-refractivity contribution is -0.142. The lowest BCUT2D eigenvalue weighted by atomic mass is 9.79. The van der Waals surface area contributed by atoms with E-state index in [1.54, 1.807) is 31.5 Å². The van der Waals surface area contributed by atoms with Gasteiger partial charge in [-0.05, 0) is 56.4 Å². The number of methoxy groups -OCH3 is 1. The Bertz CT molecular complexity index is 1570. The van der Waals surface area contributed by atoms with Crippen molar-refractivity contribution in [2.45, 2.75) is 65.4 Å². The highest BCUT2D eigenvalue weighted by molar-refractivity contribution is 5.78. The first kappa shape index (κ1) is 39.1. The van der Waals surface area contributed by atoms with Crippen LogP contribution in [0.1, 0.15) is 58.5 Å². The van der Waals surface area contributed by atoms with Gasteiger partial charge in [0.25, 0.3) is 0 Å². The summed E-state index contributed by atoms with van der Waals surface area (Å²) in [5, 5.41) is 10.1. The molecule has 0 bridgehead atoms. The van der Waals surface area contributed by atoms with Crippen molar-refractivity contribution in [1.82, 2.24) is 19.4 Å². The number of benzene rings is 2. The number of aromatic nitrogens is 2. The number of aliphatic hydroxyl groups excluding tert-OH is 1. The second kappa shape index (κ2) is 16.9. The number of ether oxygens (including phenoxy) is 2. The average Bonchev–Trinajstić information content (AvgIpc) is 3.61. The van der Waals surface area contributed by atoms with Crippen LogP contribution in [-0.2, 0) is 20.8 Å². The third-order valence-electron chi connectivity index (χ3n) is 8.29. The second-order valence-corrected chi connectivity index (χ2v) is 13.7. The molecule has 3 atom stereocenters. The molecule has 9 nitrogen and oxygen atoms in total. The monoisotopic (exact) mass is 684 g/mol. The topological polar surface area (TPSA) is 97.1 Å². The van der Waals surface area contributed by atoms with Crippen molar-refractivity contribution in [3.05, 3.63) is 77.8 Å². The number of rotatable bonds is 12.